The minimum atomic E-state index is -3.60. The van der Waals surface area contributed by atoms with E-state index in [1.54, 1.807) is 6.07 Å². The van der Waals surface area contributed by atoms with Gasteiger partial charge < -0.3 is 9.42 Å². The lowest BCUT2D eigenvalue weighted by Gasteiger charge is -2.37. The van der Waals surface area contributed by atoms with Crippen LogP contribution in [0.1, 0.15) is 60.7 Å². The normalized spacial score (nSPS) is 23.8. The van der Waals surface area contributed by atoms with Crippen LogP contribution in [0.2, 0.25) is 0 Å². The Morgan fingerprint density at radius 3 is 2.50 bits per heavy atom. The summed E-state index contributed by atoms with van der Waals surface area (Å²) >= 11 is 0. The maximum absolute atomic E-state index is 15.2. The summed E-state index contributed by atoms with van der Waals surface area (Å²) in [5, 5.41) is 3.35. The van der Waals surface area contributed by atoms with Crippen molar-refractivity contribution in [2.45, 2.75) is 56.4 Å². The van der Waals surface area contributed by atoms with E-state index in [1.807, 2.05) is 43.3 Å². The monoisotopic (exact) mass is 484 g/mol. The van der Waals surface area contributed by atoms with Crippen LogP contribution < -0.4 is 4.90 Å². The van der Waals surface area contributed by atoms with Crippen LogP contribution >= 0.6 is 0 Å². The number of benzene rings is 2. The molecule has 0 radical (unpaired) electrons. The van der Waals surface area contributed by atoms with E-state index in [1.165, 1.54) is 16.8 Å². The first-order valence-corrected chi connectivity index (χ1v) is 13.3. The van der Waals surface area contributed by atoms with Crippen molar-refractivity contribution >= 4 is 15.7 Å². The Kier molecular flexibility index (Phi) is 6.40. The van der Waals surface area contributed by atoms with Crippen LogP contribution in [0.5, 0.6) is 0 Å². The Balaban J connectivity index is 1.30. The van der Waals surface area contributed by atoms with Gasteiger partial charge in [-0.1, -0.05) is 41.6 Å². The minimum Gasteiger partial charge on any atom is -0.371 e. The maximum atomic E-state index is 15.2. The molecule has 2 atom stereocenters. The minimum absolute atomic E-state index is 0.0405. The van der Waals surface area contributed by atoms with Crippen molar-refractivity contribution in [1.29, 1.82) is 0 Å². The molecule has 0 amide bonds. The number of piperidine rings is 1. The molecule has 9 heteroatoms. The zero-order valence-electron chi connectivity index (χ0n) is 19.2. The van der Waals surface area contributed by atoms with Gasteiger partial charge in [0.25, 0.3) is 0 Å². The number of anilines is 1. The first-order valence-electron chi connectivity index (χ1n) is 11.8. The summed E-state index contributed by atoms with van der Waals surface area (Å²) in [5.41, 5.74) is 2.00. The molecule has 1 aromatic heterocycles. The van der Waals surface area contributed by atoms with E-state index in [-0.39, 0.29) is 24.3 Å². The molecule has 2 unspecified atom stereocenters. The lowest BCUT2D eigenvalue weighted by molar-refractivity contribution is 0.279. The molecule has 2 aliphatic heterocycles. The number of halogens is 1. The van der Waals surface area contributed by atoms with Gasteiger partial charge in [-0.2, -0.15) is 9.29 Å². The third-order valence-electron chi connectivity index (χ3n) is 7.16. The second-order valence-electron chi connectivity index (χ2n) is 9.24. The van der Waals surface area contributed by atoms with Gasteiger partial charge in [0.05, 0.1) is 0 Å². The summed E-state index contributed by atoms with van der Waals surface area (Å²) in [6, 6.07) is 14.3. The van der Waals surface area contributed by atoms with Gasteiger partial charge in [0.1, 0.15) is 11.1 Å². The molecule has 2 aliphatic rings. The fourth-order valence-electron chi connectivity index (χ4n) is 5.14. The molecule has 7 nitrogen and oxygen atoms in total. The van der Waals surface area contributed by atoms with Crippen molar-refractivity contribution in [1.82, 2.24) is 14.4 Å². The van der Waals surface area contributed by atoms with Gasteiger partial charge >= 0.3 is 0 Å². The third-order valence-corrected chi connectivity index (χ3v) is 9.53. The molecular weight excluding hydrogens is 455 g/mol. The second kappa shape index (κ2) is 9.46. The fourth-order valence-corrected chi connectivity index (χ4v) is 7.32. The number of hydrogen-bond acceptors (Lipinski definition) is 6. The van der Waals surface area contributed by atoms with Gasteiger partial charge in [-0.05, 0) is 50.3 Å². The largest absolute Gasteiger partial charge is 0.371 e. The fraction of sp³-hybridized carbons (Fsp3) is 0.440. The molecule has 180 valence electrons. The van der Waals surface area contributed by atoms with Gasteiger partial charge in [-0.25, -0.2) is 12.8 Å². The highest BCUT2D eigenvalue weighted by atomic mass is 32.2. The van der Waals surface area contributed by atoms with Crippen molar-refractivity contribution in [2.75, 3.05) is 18.0 Å². The predicted molar refractivity (Wildman–Crippen MR) is 127 cm³/mol. The highest BCUT2D eigenvalue weighted by Crippen LogP contribution is 2.38. The molecule has 5 rings (SSSR count). The SMILES string of the molecule is CC1CCC(c2ccccc2)S(=O)(=O)N1Cc1ccc(N2CCC(c3ncon3)CC2)cc1F. The molecule has 0 spiro atoms. The van der Waals surface area contributed by atoms with E-state index in [4.69, 9.17) is 4.52 Å². The van der Waals surface area contributed by atoms with Crippen LogP contribution in [0, 0.1) is 5.82 Å². The summed E-state index contributed by atoms with van der Waals surface area (Å²) in [6.07, 6.45) is 4.40. The molecule has 3 aromatic rings. The van der Waals surface area contributed by atoms with Crippen molar-refractivity contribution in [3.63, 3.8) is 0 Å². The topological polar surface area (TPSA) is 79.5 Å². The Hall–Kier alpha value is -2.78. The molecule has 0 bridgehead atoms. The second-order valence-corrected chi connectivity index (χ2v) is 11.3. The average Bonchev–Trinajstić information content (AvgIpc) is 3.38. The first kappa shape index (κ1) is 23.0. The lowest BCUT2D eigenvalue weighted by atomic mass is 9.95. The summed E-state index contributed by atoms with van der Waals surface area (Å²) in [4.78, 5) is 6.30. The zero-order chi connectivity index (χ0) is 23.7. The molecular formula is C25H29FN4O3S. The molecule has 3 heterocycles. The summed E-state index contributed by atoms with van der Waals surface area (Å²) < 4.78 is 48.4. The van der Waals surface area contributed by atoms with Crippen LogP contribution in [0.3, 0.4) is 0 Å². The molecule has 34 heavy (non-hydrogen) atoms. The van der Waals surface area contributed by atoms with E-state index >= 15 is 4.39 Å². The highest BCUT2D eigenvalue weighted by Gasteiger charge is 2.40. The lowest BCUT2D eigenvalue weighted by Crippen LogP contribution is -2.44. The molecule has 2 fully saturated rings. The number of hydrogen-bond donors (Lipinski definition) is 0. The zero-order valence-corrected chi connectivity index (χ0v) is 20.0. The number of rotatable bonds is 5. The van der Waals surface area contributed by atoms with Gasteiger partial charge in [0.2, 0.25) is 16.4 Å². The smallest absolute Gasteiger partial charge is 0.221 e. The summed E-state index contributed by atoms with van der Waals surface area (Å²) in [5.74, 6) is 0.608. The molecule has 2 saturated heterocycles. The summed E-state index contributed by atoms with van der Waals surface area (Å²) in [7, 11) is -3.60. The Morgan fingerprint density at radius 2 is 1.82 bits per heavy atom. The van der Waals surface area contributed by atoms with E-state index in [0.29, 0.717) is 12.0 Å². The van der Waals surface area contributed by atoms with E-state index < -0.39 is 15.3 Å². The van der Waals surface area contributed by atoms with E-state index in [9.17, 15) is 8.42 Å². The van der Waals surface area contributed by atoms with Gasteiger partial charge in [-0.3, -0.25) is 0 Å². The summed E-state index contributed by atoms with van der Waals surface area (Å²) in [6.45, 7) is 3.49. The standard InChI is InChI=1S/C25H29FN4O3S/c1-18-7-10-24(19-5-3-2-4-6-19)34(31,32)30(18)16-21-8-9-22(15-23(21)26)29-13-11-20(12-14-29)25-27-17-33-28-25/h2-6,8-9,15,17-18,20,24H,7,10-14,16H2,1H3. The maximum Gasteiger partial charge on any atom is 0.221 e. The average molecular weight is 485 g/mol. The molecule has 2 aromatic carbocycles. The Labute approximate surface area is 199 Å². The van der Waals surface area contributed by atoms with Crippen LogP contribution in [0.4, 0.5) is 10.1 Å². The quantitative estimate of drug-likeness (QED) is 0.525. The highest BCUT2D eigenvalue weighted by molar-refractivity contribution is 7.89. The Morgan fingerprint density at radius 1 is 1.06 bits per heavy atom. The number of aromatic nitrogens is 2. The van der Waals surface area contributed by atoms with Gasteiger partial charge in [0, 0.05) is 42.8 Å². The van der Waals surface area contributed by atoms with Crippen LogP contribution in [-0.2, 0) is 16.6 Å². The van der Waals surface area contributed by atoms with Crippen molar-refractivity contribution in [3.05, 3.63) is 77.7 Å². The van der Waals surface area contributed by atoms with Crippen molar-refractivity contribution < 1.29 is 17.3 Å². The number of nitrogens with zero attached hydrogens (tertiary/aromatic N) is 4. The van der Waals surface area contributed by atoms with Crippen LogP contribution in [-0.4, -0.2) is 42.0 Å². The van der Waals surface area contributed by atoms with Gasteiger partial charge in [0.15, 0.2) is 5.82 Å². The van der Waals surface area contributed by atoms with E-state index in [0.717, 1.165) is 49.4 Å². The van der Waals surface area contributed by atoms with Crippen molar-refractivity contribution in [3.8, 4) is 0 Å². The predicted octanol–water partition coefficient (Wildman–Crippen LogP) is 4.65. The molecule has 0 N–H and O–H groups in total. The molecule has 0 saturated carbocycles. The van der Waals surface area contributed by atoms with Crippen LogP contribution in [0.15, 0.2) is 59.4 Å². The van der Waals surface area contributed by atoms with Crippen molar-refractivity contribution in [2.24, 2.45) is 0 Å². The van der Waals surface area contributed by atoms with E-state index in [2.05, 4.69) is 15.0 Å². The third kappa shape index (κ3) is 4.46. The Bertz CT molecular complexity index is 1210. The number of sulfonamides is 1. The van der Waals surface area contributed by atoms with Crippen LogP contribution in [0.25, 0.3) is 0 Å². The van der Waals surface area contributed by atoms with Gasteiger partial charge in [-0.15, -0.1) is 0 Å². The molecule has 0 aliphatic carbocycles. The first-order chi connectivity index (χ1) is 16.4.